The zero-order valence-corrected chi connectivity index (χ0v) is 10.6. The first-order valence-corrected chi connectivity index (χ1v) is 5.75. The highest BCUT2D eigenvalue weighted by atomic mass is 16.4. The molecule has 1 aromatic heterocycles. The fourth-order valence-electron chi connectivity index (χ4n) is 2.34. The van der Waals surface area contributed by atoms with E-state index in [0.29, 0.717) is 11.6 Å². The van der Waals surface area contributed by atoms with Crippen LogP contribution in [0.2, 0.25) is 0 Å². The van der Waals surface area contributed by atoms with Gasteiger partial charge in [-0.1, -0.05) is 25.5 Å². The van der Waals surface area contributed by atoms with E-state index in [1.165, 1.54) is 11.1 Å². The Balaban J connectivity index is 2.87. The number of aryl methyl sites for hydroxylation is 2. The molecule has 90 valence electrons. The first-order valence-electron chi connectivity index (χ1n) is 5.75. The van der Waals surface area contributed by atoms with Crippen molar-refractivity contribution in [2.24, 2.45) is 7.05 Å². The Morgan fingerprint density at radius 2 is 1.94 bits per heavy atom. The molecule has 0 aliphatic rings. The molecule has 3 heteroatoms. The average Bonchev–Trinajstić information content (AvgIpc) is 2.54. The number of hydrogen-bond acceptors (Lipinski definition) is 1. The largest absolute Gasteiger partial charge is 0.477 e. The molecule has 2 aromatic rings. The molecule has 3 nitrogen and oxygen atoms in total. The van der Waals surface area contributed by atoms with E-state index < -0.39 is 5.97 Å². The number of hydrogen-bond donors (Lipinski definition) is 1. The van der Waals surface area contributed by atoms with Crippen LogP contribution >= 0.6 is 0 Å². The molecule has 0 amide bonds. The molecule has 0 saturated carbocycles. The summed E-state index contributed by atoms with van der Waals surface area (Å²) in [7, 11) is 1.81. The summed E-state index contributed by atoms with van der Waals surface area (Å²) in [5.74, 6) is -0.497. The second kappa shape index (κ2) is 3.91. The van der Waals surface area contributed by atoms with E-state index >= 15 is 0 Å². The normalized spacial score (nSPS) is 11.4. The van der Waals surface area contributed by atoms with Crippen molar-refractivity contribution < 1.29 is 9.90 Å². The fourth-order valence-corrected chi connectivity index (χ4v) is 2.34. The molecule has 2 rings (SSSR count). The van der Waals surface area contributed by atoms with Crippen molar-refractivity contribution in [3.63, 3.8) is 0 Å². The Labute approximate surface area is 101 Å². The van der Waals surface area contributed by atoms with Gasteiger partial charge in [-0.2, -0.15) is 0 Å². The number of fused-ring (bicyclic) bond motifs is 1. The molecular weight excluding hydrogens is 214 g/mol. The molecular formula is C14H17NO2. The van der Waals surface area contributed by atoms with Gasteiger partial charge in [0.25, 0.3) is 0 Å². The Morgan fingerprint density at radius 1 is 1.29 bits per heavy atom. The second-order valence-electron chi connectivity index (χ2n) is 4.84. The lowest BCUT2D eigenvalue weighted by Gasteiger charge is -2.11. The molecule has 17 heavy (non-hydrogen) atoms. The summed E-state index contributed by atoms with van der Waals surface area (Å²) in [6.07, 6.45) is 0. The Bertz CT molecular complexity index is 594. The summed E-state index contributed by atoms with van der Waals surface area (Å²) in [6, 6.07) is 5.92. The zero-order chi connectivity index (χ0) is 12.7. The highest BCUT2D eigenvalue weighted by Crippen LogP contribution is 2.29. The highest BCUT2D eigenvalue weighted by Gasteiger charge is 2.16. The minimum atomic E-state index is -0.879. The lowest BCUT2D eigenvalue weighted by atomic mass is 9.98. The van der Waals surface area contributed by atoms with E-state index in [0.717, 1.165) is 10.9 Å². The van der Waals surface area contributed by atoms with Gasteiger partial charge in [0, 0.05) is 12.4 Å². The Hall–Kier alpha value is -1.77. The summed E-state index contributed by atoms with van der Waals surface area (Å²) in [4.78, 5) is 11.1. The number of nitrogens with zero attached hydrogens (tertiary/aromatic N) is 1. The Morgan fingerprint density at radius 3 is 2.47 bits per heavy atom. The van der Waals surface area contributed by atoms with Crippen LogP contribution in [0.4, 0.5) is 0 Å². The summed E-state index contributed by atoms with van der Waals surface area (Å²) >= 11 is 0. The summed E-state index contributed by atoms with van der Waals surface area (Å²) < 4.78 is 1.77. The molecule has 1 aromatic carbocycles. The van der Waals surface area contributed by atoms with E-state index in [1.54, 1.807) is 10.6 Å². The maximum Gasteiger partial charge on any atom is 0.352 e. The predicted octanol–water partition coefficient (Wildman–Crippen LogP) is 3.31. The predicted molar refractivity (Wildman–Crippen MR) is 68.7 cm³/mol. The zero-order valence-electron chi connectivity index (χ0n) is 10.6. The number of carbonyl (C=O) groups is 1. The summed E-state index contributed by atoms with van der Waals surface area (Å²) in [5.41, 5.74) is 3.74. The van der Waals surface area contributed by atoms with Crippen LogP contribution < -0.4 is 0 Å². The fraction of sp³-hybridized carbons (Fsp3) is 0.357. The third-order valence-electron chi connectivity index (χ3n) is 3.14. The van der Waals surface area contributed by atoms with Crippen LogP contribution in [0.15, 0.2) is 18.2 Å². The van der Waals surface area contributed by atoms with Crippen molar-refractivity contribution in [1.29, 1.82) is 0 Å². The van der Waals surface area contributed by atoms with E-state index in [4.69, 9.17) is 5.11 Å². The van der Waals surface area contributed by atoms with Gasteiger partial charge in [0.2, 0.25) is 0 Å². The molecule has 0 unspecified atom stereocenters. The summed E-state index contributed by atoms with van der Waals surface area (Å²) in [5, 5.41) is 10.2. The van der Waals surface area contributed by atoms with E-state index in [1.807, 2.05) is 20.0 Å². The molecule has 0 bridgehead atoms. The van der Waals surface area contributed by atoms with Crippen molar-refractivity contribution in [3.05, 3.63) is 35.0 Å². The van der Waals surface area contributed by atoms with Gasteiger partial charge < -0.3 is 9.67 Å². The quantitative estimate of drug-likeness (QED) is 0.861. The molecule has 0 aliphatic heterocycles. The number of carboxylic acids is 1. The van der Waals surface area contributed by atoms with Gasteiger partial charge in [0.1, 0.15) is 5.69 Å². The molecule has 0 aliphatic carbocycles. The smallest absolute Gasteiger partial charge is 0.352 e. The van der Waals surface area contributed by atoms with Crippen LogP contribution in [0.5, 0.6) is 0 Å². The first-order chi connectivity index (χ1) is 7.91. The van der Waals surface area contributed by atoms with Gasteiger partial charge in [-0.25, -0.2) is 4.79 Å². The van der Waals surface area contributed by atoms with Crippen molar-refractivity contribution in [3.8, 4) is 0 Å². The van der Waals surface area contributed by atoms with Gasteiger partial charge in [-0.15, -0.1) is 0 Å². The number of aromatic carboxylic acids is 1. The summed E-state index contributed by atoms with van der Waals surface area (Å²) in [6.45, 7) is 6.29. The number of benzene rings is 1. The van der Waals surface area contributed by atoms with Crippen LogP contribution in [0.3, 0.4) is 0 Å². The van der Waals surface area contributed by atoms with Gasteiger partial charge in [-0.3, -0.25) is 0 Å². The van der Waals surface area contributed by atoms with E-state index in [-0.39, 0.29) is 0 Å². The van der Waals surface area contributed by atoms with Gasteiger partial charge in [0.15, 0.2) is 0 Å². The van der Waals surface area contributed by atoms with E-state index in [2.05, 4.69) is 19.9 Å². The number of aromatic nitrogens is 1. The highest BCUT2D eigenvalue weighted by molar-refractivity contribution is 5.96. The molecule has 0 spiro atoms. The number of rotatable bonds is 2. The van der Waals surface area contributed by atoms with Gasteiger partial charge in [-0.05, 0) is 30.5 Å². The molecule has 0 saturated heterocycles. The third-order valence-corrected chi connectivity index (χ3v) is 3.14. The van der Waals surface area contributed by atoms with Crippen LogP contribution in [0.1, 0.15) is 41.4 Å². The monoisotopic (exact) mass is 231 g/mol. The van der Waals surface area contributed by atoms with Gasteiger partial charge in [0.05, 0.1) is 5.52 Å². The third kappa shape index (κ3) is 1.82. The maximum absolute atomic E-state index is 11.1. The van der Waals surface area contributed by atoms with E-state index in [9.17, 15) is 4.79 Å². The molecule has 1 N–H and O–H groups in total. The molecule has 0 radical (unpaired) electrons. The minimum absolute atomic E-state index is 0.340. The van der Waals surface area contributed by atoms with Crippen LogP contribution in [-0.2, 0) is 7.05 Å². The molecule has 0 fully saturated rings. The Kier molecular flexibility index (Phi) is 2.69. The lowest BCUT2D eigenvalue weighted by Crippen LogP contribution is -2.05. The standard InChI is InChI=1S/C14H17NO2/c1-8(2)11-6-9(3)5-10-7-12(14(16)17)15(4)13(10)11/h5-8H,1-4H3,(H,16,17). The minimum Gasteiger partial charge on any atom is -0.477 e. The van der Waals surface area contributed by atoms with Crippen molar-refractivity contribution in [1.82, 2.24) is 4.57 Å². The van der Waals surface area contributed by atoms with Crippen molar-refractivity contribution in [2.75, 3.05) is 0 Å². The van der Waals surface area contributed by atoms with Crippen LogP contribution in [-0.4, -0.2) is 15.6 Å². The lowest BCUT2D eigenvalue weighted by molar-refractivity contribution is 0.0687. The van der Waals surface area contributed by atoms with Crippen LogP contribution in [0.25, 0.3) is 10.9 Å². The molecule has 0 atom stereocenters. The topological polar surface area (TPSA) is 42.2 Å². The molecule has 1 heterocycles. The van der Waals surface area contributed by atoms with Gasteiger partial charge >= 0.3 is 5.97 Å². The van der Waals surface area contributed by atoms with Crippen LogP contribution in [0, 0.1) is 6.92 Å². The van der Waals surface area contributed by atoms with Crippen molar-refractivity contribution >= 4 is 16.9 Å². The average molecular weight is 231 g/mol. The first kappa shape index (κ1) is 11.7. The SMILES string of the molecule is Cc1cc(C(C)C)c2c(c1)cc(C(=O)O)n2C. The number of carboxylic acid groups (broad SMARTS) is 1. The maximum atomic E-state index is 11.1. The van der Waals surface area contributed by atoms with Crippen molar-refractivity contribution in [2.45, 2.75) is 26.7 Å². The second-order valence-corrected chi connectivity index (χ2v) is 4.84.